The molecule has 0 aliphatic heterocycles. The summed E-state index contributed by atoms with van der Waals surface area (Å²) in [5.74, 6) is 0. The quantitative estimate of drug-likeness (QED) is 0.0807. The molecule has 4 heteroatoms. The Balaban J connectivity index is 3.57. The summed E-state index contributed by atoms with van der Waals surface area (Å²) in [5, 5.41) is 0. The summed E-state index contributed by atoms with van der Waals surface area (Å²) in [6, 6.07) is 0. The van der Waals surface area contributed by atoms with Crippen LogP contribution in [-0.2, 0) is 22.5 Å². The molecular formula is C30H58O2S2. The normalized spacial score (nSPS) is 11.0. The number of rotatable bonds is 27. The summed E-state index contributed by atoms with van der Waals surface area (Å²) in [6.45, 7) is 4.53. The fraction of sp³-hybridized carbons (Fsp3) is 0.933. The Morgan fingerprint density at radius 3 is 0.765 bits per heavy atom. The Labute approximate surface area is 221 Å². The molecule has 0 amide bonds. The van der Waals surface area contributed by atoms with Crippen molar-refractivity contribution >= 4 is 32.2 Å². The van der Waals surface area contributed by atoms with Crippen LogP contribution in [0, 0.1) is 0 Å². The van der Waals surface area contributed by atoms with Gasteiger partial charge in [-0.1, -0.05) is 155 Å². The maximum atomic E-state index is 11.6. The van der Waals surface area contributed by atoms with E-state index in [0.717, 1.165) is 35.4 Å². The van der Waals surface area contributed by atoms with Crippen molar-refractivity contribution in [2.45, 2.75) is 181 Å². The fourth-order valence-electron chi connectivity index (χ4n) is 4.71. The van der Waals surface area contributed by atoms with Gasteiger partial charge in [0.2, 0.25) is 0 Å². The number of hydrogen-bond donors (Lipinski definition) is 0. The lowest BCUT2D eigenvalue weighted by Gasteiger charge is -2.06. The molecule has 2 nitrogen and oxygen atoms in total. The Kier molecular flexibility index (Phi) is 28.8. The highest BCUT2D eigenvalue weighted by atomic mass is 32.1. The molecule has 0 aliphatic carbocycles. The van der Waals surface area contributed by atoms with Gasteiger partial charge in [0.1, 0.15) is 0 Å². The van der Waals surface area contributed by atoms with Gasteiger partial charge in [-0.3, -0.25) is 0 Å². The zero-order chi connectivity index (χ0) is 25.0. The van der Waals surface area contributed by atoms with E-state index in [9.17, 15) is 8.42 Å². The molecule has 0 spiro atoms. The van der Waals surface area contributed by atoms with Crippen LogP contribution >= 0.6 is 0 Å². The van der Waals surface area contributed by atoms with Crippen LogP contribution < -0.4 is 0 Å². The SMILES string of the molecule is CCCCCCCCCCCCCCCCCCC(=S=O)C(CCCCCCCCCC)=S=O. The minimum atomic E-state index is 0.575. The van der Waals surface area contributed by atoms with Gasteiger partial charge in [0.15, 0.2) is 0 Å². The molecule has 0 bridgehead atoms. The second-order valence-electron chi connectivity index (χ2n) is 10.3. The van der Waals surface area contributed by atoms with Gasteiger partial charge >= 0.3 is 0 Å². The van der Waals surface area contributed by atoms with Crippen LogP contribution in [0.25, 0.3) is 0 Å². The highest BCUT2D eigenvalue weighted by Crippen LogP contribution is 2.15. The lowest BCUT2D eigenvalue weighted by Crippen LogP contribution is -2.14. The summed E-state index contributed by atoms with van der Waals surface area (Å²) in [7, 11) is 0. The summed E-state index contributed by atoms with van der Waals surface area (Å²) in [6.07, 6.45) is 33.6. The third kappa shape index (κ3) is 23.5. The lowest BCUT2D eigenvalue weighted by molar-refractivity contribution is 0.530. The molecule has 0 rings (SSSR count). The van der Waals surface area contributed by atoms with Crippen molar-refractivity contribution in [3.63, 3.8) is 0 Å². The van der Waals surface area contributed by atoms with Gasteiger partial charge in [-0.25, -0.2) is 8.42 Å². The molecule has 0 aliphatic rings. The highest BCUT2D eigenvalue weighted by Gasteiger charge is 2.08. The summed E-state index contributed by atoms with van der Waals surface area (Å²) < 4.78 is 23.1. The van der Waals surface area contributed by atoms with Gasteiger partial charge in [0, 0.05) is 0 Å². The molecule has 0 radical (unpaired) electrons. The first-order valence-electron chi connectivity index (χ1n) is 15.1. The third-order valence-electron chi connectivity index (χ3n) is 7.03. The molecular weight excluding hydrogens is 456 g/mol. The van der Waals surface area contributed by atoms with Crippen LogP contribution in [-0.4, -0.2) is 18.1 Å². The van der Waals surface area contributed by atoms with E-state index in [1.807, 2.05) is 0 Å². The molecule has 0 saturated heterocycles. The summed E-state index contributed by atoms with van der Waals surface area (Å²) >= 11 is 1.15. The second kappa shape index (κ2) is 29.0. The zero-order valence-corrected chi connectivity index (χ0v) is 24.7. The molecule has 0 N–H and O–H groups in total. The monoisotopic (exact) mass is 514 g/mol. The second-order valence-corrected chi connectivity index (χ2v) is 11.6. The van der Waals surface area contributed by atoms with E-state index in [0.29, 0.717) is 22.5 Å². The Morgan fingerprint density at radius 1 is 0.353 bits per heavy atom. The molecule has 0 aromatic heterocycles. The number of unbranched alkanes of at least 4 members (excludes halogenated alkanes) is 22. The summed E-state index contributed by atoms with van der Waals surface area (Å²) in [5.41, 5.74) is 0. The van der Waals surface area contributed by atoms with Crippen molar-refractivity contribution in [1.82, 2.24) is 0 Å². The first kappa shape index (κ1) is 33.8. The lowest BCUT2D eigenvalue weighted by atomic mass is 10.0. The van der Waals surface area contributed by atoms with Crippen LogP contribution in [0.2, 0.25) is 0 Å². The van der Waals surface area contributed by atoms with E-state index in [-0.39, 0.29) is 0 Å². The Hall–Kier alpha value is -0.220. The average molecular weight is 515 g/mol. The van der Waals surface area contributed by atoms with Gasteiger partial charge in [-0.05, 0) is 25.7 Å². The van der Waals surface area contributed by atoms with Gasteiger partial charge in [0.05, 0.1) is 32.2 Å². The Morgan fingerprint density at radius 2 is 0.559 bits per heavy atom. The van der Waals surface area contributed by atoms with E-state index < -0.39 is 0 Å². The standard InChI is InChI=1S/C30H58O2S2/c1-3-5-7-9-11-13-14-15-16-17-18-19-20-22-24-26-28-30(34-32)29(33-31)27-25-23-21-12-10-8-6-4-2/h3-28H2,1-2H3. The van der Waals surface area contributed by atoms with E-state index in [1.165, 1.54) is 141 Å². The largest absolute Gasteiger partial charge is 0.212 e. The molecule has 0 saturated carbocycles. The average Bonchev–Trinajstić information content (AvgIpc) is 2.85. The van der Waals surface area contributed by atoms with Crippen molar-refractivity contribution in [2.24, 2.45) is 0 Å². The van der Waals surface area contributed by atoms with Gasteiger partial charge in [-0.2, -0.15) is 0 Å². The van der Waals surface area contributed by atoms with E-state index in [1.54, 1.807) is 0 Å². The van der Waals surface area contributed by atoms with Crippen LogP contribution in [0.1, 0.15) is 181 Å². The van der Waals surface area contributed by atoms with Gasteiger partial charge in [-0.15, -0.1) is 0 Å². The highest BCUT2D eigenvalue weighted by molar-refractivity contribution is 7.76. The fourth-order valence-corrected chi connectivity index (χ4v) is 5.76. The first-order valence-corrected chi connectivity index (χ1v) is 16.6. The number of hydrogen-bond acceptors (Lipinski definition) is 2. The maximum Gasteiger partial charge on any atom is 0.0933 e. The molecule has 0 atom stereocenters. The van der Waals surface area contributed by atoms with E-state index >= 15 is 0 Å². The van der Waals surface area contributed by atoms with Gasteiger partial charge in [0.25, 0.3) is 0 Å². The smallest absolute Gasteiger partial charge is 0.0933 e. The third-order valence-corrected chi connectivity index (χ3v) is 8.46. The van der Waals surface area contributed by atoms with Crippen molar-refractivity contribution < 1.29 is 8.42 Å². The molecule has 202 valence electrons. The topological polar surface area (TPSA) is 34.1 Å². The molecule has 0 unspecified atom stereocenters. The minimum absolute atomic E-state index is 0.575. The molecule has 0 aromatic carbocycles. The molecule has 0 heterocycles. The van der Waals surface area contributed by atoms with E-state index in [2.05, 4.69) is 13.8 Å². The van der Waals surface area contributed by atoms with Crippen LogP contribution in [0.3, 0.4) is 0 Å². The molecule has 0 fully saturated rings. The molecule has 34 heavy (non-hydrogen) atoms. The predicted octanol–water partition coefficient (Wildman–Crippen LogP) is 9.94. The van der Waals surface area contributed by atoms with Crippen LogP contribution in [0.5, 0.6) is 0 Å². The van der Waals surface area contributed by atoms with E-state index in [4.69, 9.17) is 0 Å². The van der Waals surface area contributed by atoms with Crippen molar-refractivity contribution in [2.75, 3.05) is 0 Å². The first-order chi connectivity index (χ1) is 16.8. The van der Waals surface area contributed by atoms with Crippen molar-refractivity contribution in [1.29, 1.82) is 0 Å². The van der Waals surface area contributed by atoms with Crippen molar-refractivity contribution in [3.05, 3.63) is 0 Å². The minimum Gasteiger partial charge on any atom is -0.212 e. The Bertz CT molecular complexity index is 534. The van der Waals surface area contributed by atoms with Crippen molar-refractivity contribution in [3.8, 4) is 0 Å². The van der Waals surface area contributed by atoms with Gasteiger partial charge < -0.3 is 0 Å². The van der Waals surface area contributed by atoms with Crippen LogP contribution in [0.4, 0.5) is 0 Å². The molecule has 0 aromatic rings. The van der Waals surface area contributed by atoms with Crippen LogP contribution in [0.15, 0.2) is 0 Å². The summed E-state index contributed by atoms with van der Waals surface area (Å²) in [4.78, 5) is 1.65. The zero-order valence-electron chi connectivity index (χ0n) is 23.0. The maximum absolute atomic E-state index is 11.6. The predicted molar refractivity (Wildman–Crippen MR) is 158 cm³/mol.